The maximum atomic E-state index is 5.34. The fourth-order valence-electron chi connectivity index (χ4n) is 2.16. The third-order valence-electron chi connectivity index (χ3n) is 3.50. The van der Waals surface area contributed by atoms with Gasteiger partial charge in [0.15, 0.2) is 5.17 Å². The van der Waals surface area contributed by atoms with E-state index in [1.807, 2.05) is 11.8 Å². The van der Waals surface area contributed by atoms with Crippen LogP contribution in [0.1, 0.15) is 20.3 Å². The molecule has 0 saturated carbocycles. The van der Waals surface area contributed by atoms with E-state index in [0.29, 0.717) is 12.0 Å². The second-order valence-corrected chi connectivity index (χ2v) is 6.31. The Morgan fingerprint density at radius 3 is 2.89 bits per heavy atom. The lowest BCUT2D eigenvalue weighted by atomic mass is 10.1. The molecule has 2 aliphatic rings. The van der Waals surface area contributed by atoms with Crippen molar-refractivity contribution < 1.29 is 4.74 Å². The van der Waals surface area contributed by atoms with Crippen LogP contribution in [0.5, 0.6) is 0 Å². The van der Waals surface area contributed by atoms with Crippen molar-refractivity contribution in [3.63, 3.8) is 0 Å². The molecule has 0 amide bonds. The van der Waals surface area contributed by atoms with Gasteiger partial charge in [0.25, 0.3) is 0 Å². The van der Waals surface area contributed by atoms with Crippen molar-refractivity contribution >= 4 is 16.9 Å². The molecule has 0 aliphatic carbocycles. The summed E-state index contributed by atoms with van der Waals surface area (Å²) in [5.74, 6) is 1.86. The van der Waals surface area contributed by atoms with Gasteiger partial charge in [-0.1, -0.05) is 25.6 Å². The van der Waals surface area contributed by atoms with Crippen LogP contribution in [0.3, 0.4) is 0 Å². The van der Waals surface area contributed by atoms with Crippen molar-refractivity contribution in [1.29, 1.82) is 0 Å². The number of thioether (sulfide) groups is 1. The van der Waals surface area contributed by atoms with Gasteiger partial charge in [-0.2, -0.15) is 0 Å². The summed E-state index contributed by atoms with van der Waals surface area (Å²) < 4.78 is 5.34. The van der Waals surface area contributed by atoms with Gasteiger partial charge in [-0.3, -0.25) is 9.89 Å². The van der Waals surface area contributed by atoms with E-state index in [0.717, 1.165) is 51.0 Å². The molecule has 18 heavy (non-hydrogen) atoms. The number of rotatable bonds is 5. The summed E-state index contributed by atoms with van der Waals surface area (Å²) in [7, 11) is 0. The topological polar surface area (TPSA) is 36.9 Å². The molecule has 0 bridgehead atoms. The number of aliphatic imine (C=N–C) groups is 1. The summed E-state index contributed by atoms with van der Waals surface area (Å²) in [5.41, 5.74) is 0. The van der Waals surface area contributed by atoms with Gasteiger partial charge in [0.2, 0.25) is 0 Å². The minimum Gasteiger partial charge on any atom is -0.379 e. The van der Waals surface area contributed by atoms with Gasteiger partial charge in [0, 0.05) is 38.0 Å². The second kappa shape index (κ2) is 7.36. The maximum absolute atomic E-state index is 5.34. The fourth-order valence-corrected chi connectivity index (χ4v) is 3.38. The SMILES string of the molecule is CC(C)C1CSC(=NCCCN2CCOCC2)N1. The van der Waals surface area contributed by atoms with E-state index in [2.05, 4.69) is 29.1 Å². The molecule has 2 saturated heterocycles. The molecule has 1 unspecified atom stereocenters. The maximum Gasteiger partial charge on any atom is 0.156 e. The highest BCUT2D eigenvalue weighted by Gasteiger charge is 2.22. The summed E-state index contributed by atoms with van der Waals surface area (Å²) >= 11 is 1.87. The normalized spacial score (nSPS) is 27.9. The zero-order valence-corrected chi connectivity index (χ0v) is 12.3. The first kappa shape index (κ1) is 14.2. The van der Waals surface area contributed by atoms with Crippen LogP contribution in [-0.2, 0) is 4.74 Å². The molecule has 0 aromatic heterocycles. The van der Waals surface area contributed by atoms with Gasteiger partial charge in [-0.15, -0.1) is 0 Å². The first-order chi connectivity index (χ1) is 8.75. The highest BCUT2D eigenvalue weighted by Crippen LogP contribution is 2.18. The highest BCUT2D eigenvalue weighted by molar-refractivity contribution is 8.14. The predicted octanol–water partition coefficient (Wildman–Crippen LogP) is 1.43. The summed E-state index contributed by atoms with van der Waals surface area (Å²) in [5, 5.41) is 4.66. The molecular weight excluding hydrogens is 246 g/mol. The Labute approximate surface area is 115 Å². The molecule has 0 aromatic carbocycles. The van der Waals surface area contributed by atoms with Crippen molar-refractivity contribution in [1.82, 2.24) is 10.2 Å². The molecule has 104 valence electrons. The summed E-state index contributed by atoms with van der Waals surface area (Å²) in [6.45, 7) is 10.6. The molecule has 4 nitrogen and oxygen atoms in total. The molecular formula is C13H25N3OS. The first-order valence-electron chi connectivity index (χ1n) is 6.99. The summed E-state index contributed by atoms with van der Waals surface area (Å²) in [6, 6.07) is 0.605. The molecule has 1 N–H and O–H groups in total. The number of hydrogen-bond donors (Lipinski definition) is 1. The van der Waals surface area contributed by atoms with Gasteiger partial charge < -0.3 is 10.1 Å². The Hall–Kier alpha value is -0.260. The quantitative estimate of drug-likeness (QED) is 0.768. The minimum atomic E-state index is 0.605. The number of amidine groups is 1. The van der Waals surface area contributed by atoms with Gasteiger partial charge >= 0.3 is 0 Å². The van der Waals surface area contributed by atoms with E-state index < -0.39 is 0 Å². The molecule has 0 radical (unpaired) electrons. The first-order valence-corrected chi connectivity index (χ1v) is 7.98. The lowest BCUT2D eigenvalue weighted by Crippen LogP contribution is -2.37. The molecule has 2 heterocycles. The summed E-state index contributed by atoms with van der Waals surface area (Å²) in [4.78, 5) is 7.12. The van der Waals surface area contributed by atoms with Crippen LogP contribution in [-0.4, -0.2) is 61.3 Å². The average molecular weight is 271 g/mol. The Kier molecular flexibility index (Phi) is 5.79. The van der Waals surface area contributed by atoms with Crippen molar-refractivity contribution in [2.24, 2.45) is 10.9 Å². The number of ether oxygens (including phenoxy) is 1. The van der Waals surface area contributed by atoms with Crippen LogP contribution >= 0.6 is 11.8 Å². The lowest BCUT2D eigenvalue weighted by Gasteiger charge is -2.26. The molecule has 2 rings (SSSR count). The highest BCUT2D eigenvalue weighted by atomic mass is 32.2. The molecule has 5 heteroatoms. The number of hydrogen-bond acceptors (Lipinski definition) is 4. The molecule has 1 atom stereocenters. The molecule has 2 fully saturated rings. The zero-order valence-electron chi connectivity index (χ0n) is 11.5. The van der Waals surface area contributed by atoms with E-state index in [1.54, 1.807) is 0 Å². The fraction of sp³-hybridized carbons (Fsp3) is 0.923. The van der Waals surface area contributed by atoms with Crippen LogP contribution in [0, 0.1) is 5.92 Å². The van der Waals surface area contributed by atoms with Crippen molar-refractivity contribution in [2.75, 3.05) is 45.1 Å². The van der Waals surface area contributed by atoms with E-state index in [-0.39, 0.29) is 0 Å². The number of nitrogens with one attached hydrogen (secondary N) is 1. The zero-order chi connectivity index (χ0) is 12.8. The van der Waals surface area contributed by atoms with E-state index in [1.165, 1.54) is 5.75 Å². The third-order valence-corrected chi connectivity index (χ3v) is 4.55. The van der Waals surface area contributed by atoms with Gasteiger partial charge in [-0.25, -0.2) is 0 Å². The van der Waals surface area contributed by atoms with Gasteiger partial charge in [0.1, 0.15) is 0 Å². The van der Waals surface area contributed by atoms with Crippen LogP contribution in [0.15, 0.2) is 4.99 Å². The van der Waals surface area contributed by atoms with Crippen LogP contribution in [0.25, 0.3) is 0 Å². The van der Waals surface area contributed by atoms with Crippen molar-refractivity contribution in [2.45, 2.75) is 26.3 Å². The molecule has 0 spiro atoms. The Bertz CT molecular complexity index is 277. The smallest absolute Gasteiger partial charge is 0.156 e. The number of nitrogens with zero attached hydrogens (tertiary/aromatic N) is 2. The van der Waals surface area contributed by atoms with Crippen LogP contribution < -0.4 is 5.32 Å². The molecule has 0 aromatic rings. The third kappa shape index (κ3) is 4.44. The van der Waals surface area contributed by atoms with Gasteiger partial charge in [0.05, 0.1) is 13.2 Å². The monoisotopic (exact) mass is 271 g/mol. The van der Waals surface area contributed by atoms with Crippen LogP contribution in [0.2, 0.25) is 0 Å². The van der Waals surface area contributed by atoms with E-state index >= 15 is 0 Å². The van der Waals surface area contributed by atoms with Crippen molar-refractivity contribution in [3.05, 3.63) is 0 Å². The minimum absolute atomic E-state index is 0.605. The van der Waals surface area contributed by atoms with Crippen molar-refractivity contribution in [3.8, 4) is 0 Å². The van der Waals surface area contributed by atoms with E-state index in [4.69, 9.17) is 4.74 Å². The number of morpholine rings is 1. The Balaban J connectivity index is 1.60. The lowest BCUT2D eigenvalue weighted by molar-refractivity contribution is 0.0377. The van der Waals surface area contributed by atoms with Gasteiger partial charge in [-0.05, 0) is 12.3 Å². The summed E-state index contributed by atoms with van der Waals surface area (Å²) in [6.07, 6.45) is 1.15. The average Bonchev–Trinajstić information content (AvgIpc) is 2.85. The second-order valence-electron chi connectivity index (χ2n) is 5.30. The Morgan fingerprint density at radius 1 is 1.44 bits per heavy atom. The molecule has 2 aliphatic heterocycles. The standard InChI is InChI=1S/C13H25N3OS/c1-11(2)12-10-18-13(15-12)14-4-3-5-16-6-8-17-9-7-16/h11-12H,3-10H2,1-2H3,(H,14,15). The van der Waals surface area contributed by atoms with E-state index in [9.17, 15) is 0 Å². The predicted molar refractivity (Wildman–Crippen MR) is 78.4 cm³/mol. The van der Waals surface area contributed by atoms with Crippen LogP contribution in [0.4, 0.5) is 0 Å². The largest absolute Gasteiger partial charge is 0.379 e. The Morgan fingerprint density at radius 2 is 2.22 bits per heavy atom.